The summed E-state index contributed by atoms with van der Waals surface area (Å²) < 4.78 is 17.1. The van der Waals surface area contributed by atoms with Gasteiger partial charge in [-0.05, 0) is 37.1 Å². The average molecular weight is 414 g/mol. The number of benzene rings is 3. The third-order valence-electron chi connectivity index (χ3n) is 5.07. The normalized spacial score (nSPS) is 15.0. The van der Waals surface area contributed by atoms with Crippen LogP contribution >= 0.6 is 0 Å². The van der Waals surface area contributed by atoms with Crippen molar-refractivity contribution < 1.29 is 23.8 Å². The number of carbonyl (C=O) groups excluding carboxylic acids is 2. The maximum Gasteiger partial charge on any atom is 0.377 e. The van der Waals surface area contributed by atoms with Crippen LogP contribution in [0.15, 0.2) is 84.6 Å². The Morgan fingerprint density at radius 3 is 2.19 bits per heavy atom. The van der Waals surface area contributed by atoms with Crippen LogP contribution in [0.2, 0.25) is 0 Å². The van der Waals surface area contributed by atoms with Gasteiger partial charge in [-0.15, -0.1) is 0 Å². The number of carbonyl (C=O) groups is 2. The number of esters is 2. The maximum absolute atomic E-state index is 12.8. The molecular weight excluding hydrogens is 392 g/mol. The summed E-state index contributed by atoms with van der Waals surface area (Å²) in [5.74, 6) is -1.30. The number of ether oxygens (including phenoxy) is 3. The van der Waals surface area contributed by atoms with Crippen molar-refractivity contribution in [3.05, 3.63) is 112 Å². The molecular formula is C26H22O5. The summed E-state index contributed by atoms with van der Waals surface area (Å²) in [5, 5.41) is 0. The lowest BCUT2D eigenvalue weighted by molar-refractivity contribution is -0.143. The van der Waals surface area contributed by atoms with Crippen LogP contribution in [0, 0.1) is 6.92 Å². The van der Waals surface area contributed by atoms with Gasteiger partial charge >= 0.3 is 11.9 Å². The topological polar surface area (TPSA) is 61.8 Å². The third kappa shape index (κ3) is 4.08. The summed E-state index contributed by atoms with van der Waals surface area (Å²) in [6.45, 7) is 3.87. The lowest BCUT2D eigenvalue weighted by Crippen LogP contribution is -2.24. The van der Waals surface area contributed by atoms with Gasteiger partial charge in [-0.1, -0.05) is 66.7 Å². The van der Waals surface area contributed by atoms with Crippen molar-refractivity contribution in [2.24, 2.45) is 0 Å². The largest absolute Gasteiger partial charge is 0.471 e. The Balaban J connectivity index is 1.83. The Kier molecular flexibility index (Phi) is 5.85. The van der Waals surface area contributed by atoms with Crippen LogP contribution in [0.3, 0.4) is 0 Å². The van der Waals surface area contributed by atoms with E-state index in [0.29, 0.717) is 11.1 Å². The molecule has 3 aromatic carbocycles. The molecule has 0 radical (unpaired) electrons. The molecule has 0 N–H and O–H groups in total. The van der Waals surface area contributed by atoms with E-state index in [1.54, 1.807) is 31.2 Å². The first-order chi connectivity index (χ1) is 15.1. The zero-order valence-electron chi connectivity index (χ0n) is 17.3. The van der Waals surface area contributed by atoms with E-state index in [2.05, 4.69) is 0 Å². The Morgan fingerprint density at radius 2 is 1.48 bits per heavy atom. The number of hydrogen-bond acceptors (Lipinski definition) is 5. The third-order valence-corrected chi connectivity index (χ3v) is 5.07. The van der Waals surface area contributed by atoms with Crippen molar-refractivity contribution in [3.63, 3.8) is 0 Å². The van der Waals surface area contributed by atoms with E-state index in [9.17, 15) is 9.59 Å². The molecule has 0 saturated heterocycles. The molecule has 156 valence electrons. The van der Waals surface area contributed by atoms with Gasteiger partial charge in [0.05, 0.1) is 12.2 Å². The monoisotopic (exact) mass is 414 g/mol. The molecule has 0 fully saturated rings. The zero-order chi connectivity index (χ0) is 21.8. The van der Waals surface area contributed by atoms with E-state index in [-0.39, 0.29) is 18.1 Å². The Labute approximate surface area is 180 Å². The van der Waals surface area contributed by atoms with Crippen LogP contribution in [0.25, 0.3) is 5.76 Å². The minimum atomic E-state index is -0.675. The molecule has 1 aliphatic heterocycles. The molecule has 31 heavy (non-hydrogen) atoms. The second kappa shape index (κ2) is 8.88. The molecule has 1 heterocycles. The fourth-order valence-corrected chi connectivity index (χ4v) is 3.57. The SMILES string of the molecule is CCOC(=O)C1=C(OC(=O)c2ccccc2)c2ccccc2[C@H](c2ccccc2C)O1. The second-order valence-electron chi connectivity index (χ2n) is 7.08. The van der Waals surface area contributed by atoms with E-state index in [1.165, 1.54) is 0 Å². The van der Waals surface area contributed by atoms with Crippen molar-refractivity contribution in [3.8, 4) is 0 Å². The number of aryl methyl sites for hydroxylation is 1. The number of rotatable bonds is 5. The summed E-state index contributed by atoms with van der Waals surface area (Å²) in [6.07, 6.45) is -0.531. The minimum Gasteiger partial charge on any atom is -0.471 e. The van der Waals surface area contributed by atoms with Gasteiger partial charge in [0.25, 0.3) is 0 Å². The van der Waals surface area contributed by atoms with Gasteiger partial charge in [0.1, 0.15) is 0 Å². The predicted molar refractivity (Wildman–Crippen MR) is 116 cm³/mol. The summed E-state index contributed by atoms with van der Waals surface area (Å²) in [4.78, 5) is 25.6. The first-order valence-electron chi connectivity index (χ1n) is 10.1. The highest BCUT2D eigenvalue weighted by Gasteiger charge is 2.36. The van der Waals surface area contributed by atoms with Gasteiger partial charge in [-0.25, -0.2) is 9.59 Å². The standard InChI is InChI=1S/C26H22O5/c1-3-29-26(28)24-23(31-25(27)18-12-5-4-6-13-18)21-16-10-9-15-20(21)22(30-24)19-14-8-7-11-17(19)2/h4-16,22H,3H2,1-2H3/t22-/m0/s1. The molecule has 0 bridgehead atoms. The molecule has 0 unspecified atom stereocenters. The van der Waals surface area contributed by atoms with E-state index < -0.39 is 18.0 Å². The van der Waals surface area contributed by atoms with E-state index in [1.807, 2.05) is 61.5 Å². The Bertz CT molecular complexity index is 1150. The quantitative estimate of drug-likeness (QED) is 0.537. The Morgan fingerprint density at radius 1 is 0.839 bits per heavy atom. The molecule has 0 amide bonds. The smallest absolute Gasteiger partial charge is 0.377 e. The summed E-state index contributed by atoms with van der Waals surface area (Å²) >= 11 is 0. The summed E-state index contributed by atoms with van der Waals surface area (Å²) in [5.41, 5.74) is 3.74. The fraction of sp³-hybridized carbons (Fsp3) is 0.154. The highest BCUT2D eigenvalue weighted by Crippen LogP contribution is 2.42. The van der Waals surface area contributed by atoms with Crippen LogP contribution in [0.5, 0.6) is 0 Å². The van der Waals surface area contributed by atoms with Crippen molar-refractivity contribution in [2.75, 3.05) is 6.61 Å². The van der Waals surface area contributed by atoms with Gasteiger partial charge in [0, 0.05) is 11.1 Å². The van der Waals surface area contributed by atoms with Gasteiger partial charge in [0.2, 0.25) is 5.76 Å². The molecule has 1 aliphatic rings. The van der Waals surface area contributed by atoms with E-state index in [4.69, 9.17) is 14.2 Å². The average Bonchev–Trinajstić information content (AvgIpc) is 2.80. The molecule has 3 aromatic rings. The van der Waals surface area contributed by atoms with Crippen LogP contribution in [-0.2, 0) is 19.0 Å². The minimum absolute atomic E-state index is 0.0627. The second-order valence-corrected chi connectivity index (χ2v) is 7.08. The first-order valence-corrected chi connectivity index (χ1v) is 10.1. The zero-order valence-corrected chi connectivity index (χ0v) is 17.3. The van der Waals surface area contributed by atoms with Crippen LogP contribution in [0.4, 0.5) is 0 Å². The van der Waals surface area contributed by atoms with Crippen LogP contribution in [0.1, 0.15) is 45.6 Å². The number of fused-ring (bicyclic) bond motifs is 1. The lowest BCUT2D eigenvalue weighted by atomic mass is 9.91. The van der Waals surface area contributed by atoms with E-state index in [0.717, 1.165) is 16.7 Å². The van der Waals surface area contributed by atoms with Gasteiger partial charge < -0.3 is 14.2 Å². The maximum atomic E-state index is 12.8. The molecule has 0 aliphatic carbocycles. The van der Waals surface area contributed by atoms with Gasteiger partial charge in [0.15, 0.2) is 11.9 Å². The summed E-state index contributed by atoms with van der Waals surface area (Å²) in [6, 6.07) is 23.9. The molecule has 4 rings (SSSR count). The van der Waals surface area contributed by atoms with Gasteiger partial charge in [-0.3, -0.25) is 0 Å². The van der Waals surface area contributed by atoms with Crippen molar-refractivity contribution in [1.29, 1.82) is 0 Å². The van der Waals surface area contributed by atoms with E-state index >= 15 is 0 Å². The molecule has 5 heteroatoms. The van der Waals surface area contributed by atoms with Gasteiger partial charge in [-0.2, -0.15) is 0 Å². The number of hydrogen-bond donors (Lipinski definition) is 0. The molecule has 0 spiro atoms. The van der Waals surface area contributed by atoms with Crippen molar-refractivity contribution in [2.45, 2.75) is 20.0 Å². The van der Waals surface area contributed by atoms with Crippen LogP contribution in [-0.4, -0.2) is 18.5 Å². The molecule has 1 atom stereocenters. The van der Waals surface area contributed by atoms with Crippen LogP contribution < -0.4 is 0 Å². The predicted octanol–water partition coefficient (Wildman–Crippen LogP) is 5.20. The highest BCUT2D eigenvalue weighted by molar-refractivity contribution is 6.00. The Hall–Kier alpha value is -3.86. The molecule has 0 aromatic heterocycles. The molecule has 5 nitrogen and oxygen atoms in total. The lowest BCUT2D eigenvalue weighted by Gasteiger charge is -2.30. The van der Waals surface area contributed by atoms with Crippen molar-refractivity contribution in [1.82, 2.24) is 0 Å². The molecule has 0 saturated carbocycles. The first kappa shape index (κ1) is 20.4. The van der Waals surface area contributed by atoms with Crippen molar-refractivity contribution >= 4 is 17.7 Å². The highest BCUT2D eigenvalue weighted by atomic mass is 16.6. The summed E-state index contributed by atoms with van der Waals surface area (Å²) in [7, 11) is 0. The fourth-order valence-electron chi connectivity index (χ4n) is 3.57.